The fourth-order valence-corrected chi connectivity index (χ4v) is 4.52. The molecule has 9 heteroatoms. The molecule has 0 aromatic carbocycles. The number of anilines is 1. The number of nitrogens with zero attached hydrogens (tertiary/aromatic N) is 5. The van der Waals surface area contributed by atoms with Crippen LogP contribution in [0.2, 0.25) is 0 Å². The predicted molar refractivity (Wildman–Crippen MR) is 117 cm³/mol. The molecule has 0 atom stereocenters. The number of piperazine rings is 1. The number of carbonyl (C=O) groups is 1. The molecule has 7 nitrogen and oxygen atoms in total. The SMILES string of the molecule is Cc1cccn2c(=O)c(/C=C3/SC(=S)N(C)C3=O)c(N3CCN(C)CC3)nc12. The van der Waals surface area contributed by atoms with Crippen LogP contribution in [0, 0.1) is 6.92 Å². The van der Waals surface area contributed by atoms with Gasteiger partial charge in [-0.05, 0) is 31.7 Å². The first kappa shape index (κ1) is 19.1. The van der Waals surface area contributed by atoms with Crippen molar-refractivity contribution in [2.24, 2.45) is 0 Å². The van der Waals surface area contributed by atoms with E-state index in [1.807, 2.05) is 19.1 Å². The van der Waals surface area contributed by atoms with E-state index in [-0.39, 0.29) is 11.5 Å². The second kappa shape index (κ2) is 7.31. The Hall–Kier alpha value is -2.23. The Labute approximate surface area is 172 Å². The highest BCUT2D eigenvalue weighted by molar-refractivity contribution is 8.26. The Bertz CT molecular complexity index is 1070. The summed E-state index contributed by atoms with van der Waals surface area (Å²) in [7, 11) is 3.73. The molecule has 2 saturated heterocycles. The standard InChI is InChI=1S/C19H21N5O2S2/c1-12-5-4-6-24-15(12)20-16(23-9-7-21(2)8-10-23)13(17(24)25)11-14-18(26)22(3)19(27)28-14/h4-6,11H,7-10H2,1-3H3/b14-11+. The number of amides is 1. The zero-order valence-electron chi connectivity index (χ0n) is 16.0. The van der Waals surface area contributed by atoms with Gasteiger partial charge in [-0.2, -0.15) is 0 Å². The van der Waals surface area contributed by atoms with Crippen molar-refractivity contribution in [3.8, 4) is 0 Å². The molecule has 4 rings (SSSR count). The van der Waals surface area contributed by atoms with E-state index in [0.29, 0.717) is 26.3 Å². The number of thiocarbonyl (C=S) groups is 1. The number of pyridine rings is 1. The van der Waals surface area contributed by atoms with Gasteiger partial charge in [0.2, 0.25) is 0 Å². The molecule has 2 aliphatic rings. The van der Waals surface area contributed by atoms with Crippen LogP contribution >= 0.6 is 24.0 Å². The molecule has 0 radical (unpaired) electrons. The zero-order chi connectivity index (χ0) is 20.0. The van der Waals surface area contributed by atoms with Crippen molar-refractivity contribution in [3.63, 3.8) is 0 Å². The van der Waals surface area contributed by atoms with E-state index in [1.54, 1.807) is 23.7 Å². The quantitative estimate of drug-likeness (QED) is 0.545. The smallest absolute Gasteiger partial charge is 0.267 e. The first-order valence-electron chi connectivity index (χ1n) is 9.04. The van der Waals surface area contributed by atoms with E-state index in [2.05, 4.69) is 16.8 Å². The van der Waals surface area contributed by atoms with Gasteiger partial charge in [0.15, 0.2) is 0 Å². The van der Waals surface area contributed by atoms with Crippen LogP contribution < -0.4 is 10.5 Å². The van der Waals surface area contributed by atoms with Gasteiger partial charge in [-0.15, -0.1) is 0 Å². The summed E-state index contributed by atoms with van der Waals surface area (Å²) < 4.78 is 2.04. The lowest BCUT2D eigenvalue weighted by Gasteiger charge is -2.34. The number of hydrogen-bond donors (Lipinski definition) is 0. The number of aryl methyl sites for hydroxylation is 1. The van der Waals surface area contributed by atoms with E-state index in [4.69, 9.17) is 17.2 Å². The molecule has 0 bridgehead atoms. The van der Waals surface area contributed by atoms with Crippen LogP contribution in [0.1, 0.15) is 11.1 Å². The minimum atomic E-state index is -0.187. The van der Waals surface area contributed by atoms with Crippen LogP contribution in [0.5, 0.6) is 0 Å². The van der Waals surface area contributed by atoms with Gasteiger partial charge in [0, 0.05) is 39.4 Å². The van der Waals surface area contributed by atoms with Gasteiger partial charge in [-0.1, -0.05) is 30.0 Å². The predicted octanol–water partition coefficient (Wildman–Crippen LogP) is 1.59. The summed E-state index contributed by atoms with van der Waals surface area (Å²) in [4.78, 5) is 36.9. The molecule has 0 N–H and O–H groups in total. The van der Waals surface area contributed by atoms with Gasteiger partial charge in [0.05, 0.1) is 10.5 Å². The normalized spacial score (nSPS) is 20.0. The van der Waals surface area contributed by atoms with Gasteiger partial charge in [0.25, 0.3) is 11.5 Å². The van der Waals surface area contributed by atoms with Gasteiger partial charge in [-0.3, -0.25) is 18.9 Å². The number of rotatable bonds is 2. The van der Waals surface area contributed by atoms with Gasteiger partial charge in [-0.25, -0.2) is 4.98 Å². The molecule has 4 heterocycles. The van der Waals surface area contributed by atoms with Crippen molar-refractivity contribution in [2.45, 2.75) is 6.92 Å². The molecule has 0 aliphatic carbocycles. The number of likely N-dealkylation sites (N-methyl/N-ethyl adjacent to an activating group) is 2. The van der Waals surface area contributed by atoms with E-state index in [1.165, 1.54) is 16.7 Å². The summed E-state index contributed by atoms with van der Waals surface area (Å²) in [5, 5.41) is 0. The summed E-state index contributed by atoms with van der Waals surface area (Å²) in [5.74, 6) is 0.446. The molecule has 0 spiro atoms. The third-order valence-electron chi connectivity index (χ3n) is 5.13. The molecule has 0 saturated carbocycles. The maximum absolute atomic E-state index is 13.3. The molecular formula is C19H21N5O2S2. The Morgan fingerprint density at radius 1 is 1.18 bits per heavy atom. The lowest BCUT2D eigenvalue weighted by Crippen LogP contribution is -2.45. The summed E-state index contributed by atoms with van der Waals surface area (Å²) in [5.41, 5.74) is 1.83. The third kappa shape index (κ3) is 3.23. The van der Waals surface area contributed by atoms with Gasteiger partial charge >= 0.3 is 0 Å². The van der Waals surface area contributed by atoms with Gasteiger partial charge in [0.1, 0.15) is 15.8 Å². The molecule has 28 heavy (non-hydrogen) atoms. The largest absolute Gasteiger partial charge is 0.353 e. The fourth-order valence-electron chi connectivity index (χ4n) is 3.36. The zero-order valence-corrected chi connectivity index (χ0v) is 17.6. The third-order valence-corrected chi connectivity index (χ3v) is 6.61. The number of hydrogen-bond acceptors (Lipinski definition) is 7. The van der Waals surface area contributed by atoms with Crippen LogP contribution in [-0.2, 0) is 4.79 Å². The van der Waals surface area contributed by atoms with Crippen LogP contribution in [0.3, 0.4) is 0 Å². The van der Waals surface area contributed by atoms with E-state index in [0.717, 1.165) is 31.7 Å². The van der Waals surface area contributed by atoms with E-state index >= 15 is 0 Å². The van der Waals surface area contributed by atoms with Crippen LogP contribution in [0.25, 0.3) is 11.7 Å². The molecule has 2 aromatic rings. The molecule has 1 amide bonds. The fraction of sp³-hybridized carbons (Fsp3) is 0.368. The molecule has 146 valence electrons. The van der Waals surface area contributed by atoms with Crippen LogP contribution in [-0.4, -0.2) is 69.7 Å². The summed E-state index contributed by atoms with van der Waals surface area (Å²) >= 11 is 6.44. The summed E-state index contributed by atoms with van der Waals surface area (Å²) in [6, 6.07) is 3.77. The summed E-state index contributed by atoms with van der Waals surface area (Å²) in [6.07, 6.45) is 3.37. The van der Waals surface area contributed by atoms with Crippen LogP contribution in [0.15, 0.2) is 28.0 Å². The number of aromatic nitrogens is 2. The average molecular weight is 416 g/mol. The Morgan fingerprint density at radius 2 is 1.89 bits per heavy atom. The molecule has 2 fully saturated rings. The molecule has 2 aliphatic heterocycles. The molecule has 2 aromatic heterocycles. The van der Waals surface area contributed by atoms with Crippen molar-refractivity contribution in [2.75, 3.05) is 45.2 Å². The minimum absolute atomic E-state index is 0.177. The first-order valence-corrected chi connectivity index (χ1v) is 10.3. The van der Waals surface area contributed by atoms with Crippen molar-refractivity contribution >= 4 is 51.7 Å². The Kier molecular flexibility index (Phi) is 4.98. The van der Waals surface area contributed by atoms with Crippen molar-refractivity contribution < 1.29 is 4.79 Å². The van der Waals surface area contributed by atoms with Crippen molar-refractivity contribution in [3.05, 3.63) is 44.7 Å². The lowest BCUT2D eigenvalue weighted by molar-refractivity contribution is -0.121. The minimum Gasteiger partial charge on any atom is -0.353 e. The van der Waals surface area contributed by atoms with Crippen molar-refractivity contribution in [1.29, 1.82) is 0 Å². The van der Waals surface area contributed by atoms with Crippen LogP contribution in [0.4, 0.5) is 5.82 Å². The maximum atomic E-state index is 13.3. The number of thioether (sulfide) groups is 1. The highest BCUT2D eigenvalue weighted by Gasteiger charge is 2.30. The van der Waals surface area contributed by atoms with Gasteiger partial charge < -0.3 is 9.80 Å². The first-order chi connectivity index (χ1) is 13.4. The maximum Gasteiger partial charge on any atom is 0.267 e. The van der Waals surface area contributed by atoms with Crippen molar-refractivity contribution in [1.82, 2.24) is 19.2 Å². The summed E-state index contributed by atoms with van der Waals surface area (Å²) in [6.45, 7) is 5.29. The number of carbonyl (C=O) groups excluding carboxylic acids is 1. The van der Waals surface area contributed by atoms with E-state index in [9.17, 15) is 9.59 Å². The average Bonchev–Trinajstić information content (AvgIpc) is 2.92. The Morgan fingerprint density at radius 3 is 2.54 bits per heavy atom. The second-order valence-corrected chi connectivity index (χ2v) is 8.75. The second-order valence-electron chi connectivity index (χ2n) is 7.07. The highest BCUT2D eigenvalue weighted by Crippen LogP contribution is 2.32. The molecular weight excluding hydrogens is 394 g/mol. The number of fused-ring (bicyclic) bond motifs is 1. The Balaban J connectivity index is 1.92. The topological polar surface area (TPSA) is 61.2 Å². The monoisotopic (exact) mass is 415 g/mol. The molecule has 0 unspecified atom stereocenters. The highest BCUT2D eigenvalue weighted by atomic mass is 32.2. The van der Waals surface area contributed by atoms with E-state index < -0.39 is 0 Å². The lowest BCUT2D eigenvalue weighted by atomic mass is 10.2.